The molecular formula is C13H17ClN2O2. The Kier molecular flexibility index (Phi) is 3.59. The molecule has 0 heterocycles. The van der Waals surface area contributed by atoms with E-state index in [1.165, 1.54) is 25.0 Å². The van der Waals surface area contributed by atoms with Gasteiger partial charge in [-0.05, 0) is 44.2 Å². The smallest absolute Gasteiger partial charge is 0.270 e. The number of nitrogens with zero attached hydrogens (tertiary/aromatic N) is 1. The van der Waals surface area contributed by atoms with Gasteiger partial charge in [0.15, 0.2) is 0 Å². The molecule has 0 aromatic heterocycles. The van der Waals surface area contributed by atoms with Crippen LogP contribution >= 0.6 is 11.6 Å². The first-order chi connectivity index (χ1) is 8.40. The average molecular weight is 269 g/mol. The van der Waals surface area contributed by atoms with Crippen LogP contribution in [0.5, 0.6) is 0 Å². The number of hydrogen-bond donors (Lipinski definition) is 1. The van der Waals surface area contributed by atoms with Crippen molar-refractivity contribution >= 4 is 17.3 Å². The zero-order valence-corrected chi connectivity index (χ0v) is 11.3. The Hall–Kier alpha value is -1.13. The fraction of sp³-hybridized carbons (Fsp3) is 0.538. The van der Waals surface area contributed by atoms with Gasteiger partial charge in [-0.2, -0.15) is 0 Å². The lowest BCUT2D eigenvalue weighted by atomic mass is 9.98. The molecule has 1 N–H and O–H groups in total. The molecule has 2 rings (SSSR count). The highest BCUT2D eigenvalue weighted by Gasteiger charge is 2.37. The molecule has 1 saturated carbocycles. The van der Waals surface area contributed by atoms with Gasteiger partial charge in [0.1, 0.15) is 0 Å². The van der Waals surface area contributed by atoms with Gasteiger partial charge in [-0.1, -0.05) is 11.6 Å². The summed E-state index contributed by atoms with van der Waals surface area (Å²) in [7, 11) is 0. The van der Waals surface area contributed by atoms with E-state index in [-0.39, 0.29) is 11.2 Å². The summed E-state index contributed by atoms with van der Waals surface area (Å²) in [6, 6.07) is 4.62. The van der Waals surface area contributed by atoms with Crippen LogP contribution in [0.15, 0.2) is 18.2 Å². The Labute approximate surface area is 111 Å². The maximum Gasteiger partial charge on any atom is 0.270 e. The summed E-state index contributed by atoms with van der Waals surface area (Å²) in [5, 5.41) is 14.5. The van der Waals surface area contributed by atoms with Crippen LogP contribution in [-0.2, 0) is 6.54 Å². The van der Waals surface area contributed by atoms with Crippen molar-refractivity contribution in [3.05, 3.63) is 38.9 Å². The molecule has 0 bridgehead atoms. The summed E-state index contributed by atoms with van der Waals surface area (Å²) in [4.78, 5) is 10.2. The summed E-state index contributed by atoms with van der Waals surface area (Å²) in [6.07, 6.45) is 2.54. The normalized spacial score (nSPS) is 15.7. The fourth-order valence-electron chi connectivity index (χ4n) is 2.07. The van der Waals surface area contributed by atoms with Gasteiger partial charge in [-0.25, -0.2) is 0 Å². The Morgan fingerprint density at radius 1 is 1.50 bits per heavy atom. The molecule has 0 spiro atoms. The zero-order valence-electron chi connectivity index (χ0n) is 10.6. The molecule has 0 unspecified atom stereocenters. The fourth-order valence-corrected chi connectivity index (χ4v) is 2.31. The number of benzene rings is 1. The van der Waals surface area contributed by atoms with E-state index in [0.29, 0.717) is 11.6 Å². The summed E-state index contributed by atoms with van der Waals surface area (Å²) >= 11 is 6.05. The van der Waals surface area contributed by atoms with Crippen molar-refractivity contribution in [3.8, 4) is 0 Å². The van der Waals surface area contributed by atoms with Crippen LogP contribution < -0.4 is 5.32 Å². The highest BCUT2D eigenvalue weighted by atomic mass is 35.5. The van der Waals surface area contributed by atoms with Crippen molar-refractivity contribution in [2.75, 3.05) is 0 Å². The molecule has 1 aliphatic carbocycles. The maximum atomic E-state index is 10.6. The molecule has 1 fully saturated rings. The molecule has 1 aromatic rings. The van der Waals surface area contributed by atoms with Crippen LogP contribution in [0.25, 0.3) is 0 Å². The number of nitrogens with one attached hydrogen (secondary N) is 1. The third-order valence-corrected chi connectivity index (χ3v) is 3.93. The lowest BCUT2D eigenvalue weighted by molar-refractivity contribution is -0.384. The van der Waals surface area contributed by atoms with Gasteiger partial charge in [-0.3, -0.25) is 10.1 Å². The van der Waals surface area contributed by atoms with E-state index in [1.54, 1.807) is 6.07 Å². The summed E-state index contributed by atoms with van der Waals surface area (Å²) in [5.41, 5.74) is 1.03. The van der Waals surface area contributed by atoms with Crippen molar-refractivity contribution in [1.82, 2.24) is 5.32 Å². The second kappa shape index (κ2) is 4.86. The minimum Gasteiger partial charge on any atom is -0.307 e. The molecule has 1 aromatic carbocycles. The van der Waals surface area contributed by atoms with Crippen molar-refractivity contribution in [1.29, 1.82) is 0 Å². The highest BCUT2D eigenvalue weighted by Crippen LogP contribution is 2.39. The predicted molar refractivity (Wildman–Crippen MR) is 71.7 cm³/mol. The lowest BCUT2D eigenvalue weighted by Crippen LogP contribution is -2.40. The van der Waals surface area contributed by atoms with Gasteiger partial charge in [0.2, 0.25) is 0 Å². The first-order valence-electron chi connectivity index (χ1n) is 6.08. The molecule has 18 heavy (non-hydrogen) atoms. The van der Waals surface area contributed by atoms with Crippen LogP contribution in [0, 0.1) is 16.0 Å². The molecule has 0 atom stereocenters. The number of rotatable bonds is 5. The van der Waals surface area contributed by atoms with Crippen LogP contribution in [-0.4, -0.2) is 10.5 Å². The quantitative estimate of drug-likeness (QED) is 0.657. The van der Waals surface area contributed by atoms with E-state index < -0.39 is 4.92 Å². The molecule has 0 aliphatic heterocycles. The standard InChI is InChI=1S/C13H17ClN2O2/c1-13(2,10-4-5-10)15-8-9-3-6-11(16(17)18)7-12(9)14/h3,6-7,10,15H,4-5,8H2,1-2H3. The highest BCUT2D eigenvalue weighted by molar-refractivity contribution is 6.31. The van der Waals surface area contributed by atoms with Crippen LogP contribution in [0.3, 0.4) is 0 Å². The SMILES string of the molecule is CC(C)(NCc1ccc([N+](=O)[O-])cc1Cl)C1CC1. The van der Waals surface area contributed by atoms with Crippen molar-refractivity contribution in [2.45, 2.75) is 38.8 Å². The number of nitro groups is 1. The molecule has 0 radical (unpaired) electrons. The lowest BCUT2D eigenvalue weighted by Gasteiger charge is -2.26. The minimum atomic E-state index is -0.433. The van der Waals surface area contributed by atoms with Crippen LogP contribution in [0.4, 0.5) is 5.69 Å². The van der Waals surface area contributed by atoms with E-state index in [0.717, 1.165) is 11.5 Å². The van der Waals surface area contributed by atoms with E-state index in [1.807, 2.05) is 0 Å². The van der Waals surface area contributed by atoms with Crippen LogP contribution in [0.2, 0.25) is 5.02 Å². The van der Waals surface area contributed by atoms with Crippen molar-refractivity contribution in [2.24, 2.45) is 5.92 Å². The van der Waals surface area contributed by atoms with Gasteiger partial charge in [0.25, 0.3) is 5.69 Å². The van der Waals surface area contributed by atoms with E-state index in [2.05, 4.69) is 19.2 Å². The number of nitro benzene ring substituents is 1. The topological polar surface area (TPSA) is 55.2 Å². The van der Waals surface area contributed by atoms with E-state index in [9.17, 15) is 10.1 Å². The monoisotopic (exact) mass is 268 g/mol. The predicted octanol–water partition coefficient (Wildman–Crippen LogP) is 3.53. The molecule has 1 aliphatic rings. The second-order valence-electron chi connectivity index (χ2n) is 5.38. The Balaban J connectivity index is 2.03. The summed E-state index contributed by atoms with van der Waals surface area (Å²) in [5.74, 6) is 0.731. The minimum absolute atomic E-state index is 0.0326. The zero-order chi connectivity index (χ0) is 13.3. The first-order valence-corrected chi connectivity index (χ1v) is 6.46. The van der Waals surface area contributed by atoms with Gasteiger partial charge in [-0.15, -0.1) is 0 Å². The molecule has 98 valence electrons. The van der Waals surface area contributed by atoms with Crippen molar-refractivity contribution in [3.63, 3.8) is 0 Å². The van der Waals surface area contributed by atoms with Gasteiger partial charge >= 0.3 is 0 Å². The van der Waals surface area contributed by atoms with Gasteiger partial charge < -0.3 is 5.32 Å². The Morgan fingerprint density at radius 3 is 2.67 bits per heavy atom. The third-order valence-electron chi connectivity index (χ3n) is 3.58. The summed E-state index contributed by atoms with van der Waals surface area (Å²) in [6.45, 7) is 5.01. The maximum absolute atomic E-state index is 10.6. The van der Waals surface area contributed by atoms with Gasteiger partial charge in [0, 0.05) is 24.2 Å². The summed E-state index contributed by atoms with van der Waals surface area (Å²) < 4.78 is 0. The van der Waals surface area contributed by atoms with E-state index in [4.69, 9.17) is 11.6 Å². The Morgan fingerprint density at radius 2 is 2.17 bits per heavy atom. The molecule has 0 amide bonds. The molecule has 4 nitrogen and oxygen atoms in total. The number of hydrogen-bond acceptors (Lipinski definition) is 3. The average Bonchev–Trinajstić information content (AvgIpc) is 3.11. The number of non-ortho nitro benzene ring substituents is 1. The first kappa shape index (κ1) is 13.3. The molecule has 5 heteroatoms. The largest absolute Gasteiger partial charge is 0.307 e. The second-order valence-corrected chi connectivity index (χ2v) is 5.79. The van der Waals surface area contributed by atoms with E-state index >= 15 is 0 Å². The Bertz CT molecular complexity index is 470. The molecule has 0 saturated heterocycles. The third kappa shape index (κ3) is 3.00. The van der Waals surface area contributed by atoms with Crippen LogP contribution in [0.1, 0.15) is 32.3 Å². The van der Waals surface area contributed by atoms with Gasteiger partial charge in [0.05, 0.1) is 9.95 Å². The van der Waals surface area contributed by atoms with Crippen molar-refractivity contribution < 1.29 is 4.92 Å². The molecular weight excluding hydrogens is 252 g/mol. The number of halogens is 1.